The molecule has 2 aliphatic heterocycles. The van der Waals surface area contributed by atoms with E-state index in [1.165, 1.54) is 0 Å². The number of piperazine rings is 1. The minimum atomic E-state index is -0.705. The average molecular weight is 768 g/mol. The predicted molar refractivity (Wildman–Crippen MR) is 218 cm³/mol. The molecule has 11 heteroatoms. The molecule has 7 rings (SSSR count). The molecule has 0 spiro atoms. The van der Waals surface area contributed by atoms with E-state index in [1.807, 2.05) is 101 Å². The van der Waals surface area contributed by atoms with Gasteiger partial charge in [0, 0.05) is 72.9 Å². The summed E-state index contributed by atoms with van der Waals surface area (Å²) in [6, 6.07) is 18.6. The van der Waals surface area contributed by atoms with Crippen molar-refractivity contribution in [1.29, 1.82) is 0 Å². The van der Waals surface area contributed by atoms with Crippen molar-refractivity contribution in [2.24, 2.45) is 7.05 Å². The molecular formula is C44H54ClN5O5. The van der Waals surface area contributed by atoms with E-state index in [2.05, 4.69) is 34.6 Å². The number of aromatic nitrogens is 3. The Balaban J connectivity index is 1.26. The largest absolute Gasteiger partial charge is 0.493 e. The van der Waals surface area contributed by atoms with Crippen molar-refractivity contribution in [2.45, 2.75) is 104 Å². The molecule has 4 heterocycles. The number of hydrogen-bond donors (Lipinski definition) is 0. The Labute approximate surface area is 329 Å². The van der Waals surface area contributed by atoms with Gasteiger partial charge in [-0.1, -0.05) is 54.1 Å². The summed E-state index contributed by atoms with van der Waals surface area (Å²) >= 11 is 7.18. The van der Waals surface area contributed by atoms with Gasteiger partial charge in [0.15, 0.2) is 0 Å². The molecule has 1 unspecified atom stereocenters. The van der Waals surface area contributed by atoms with Gasteiger partial charge in [0.05, 0.1) is 22.8 Å². The minimum Gasteiger partial charge on any atom is -0.493 e. The molecule has 1 amide bonds. The fraction of sp³-hybridized carbons (Fsp3) is 0.477. The van der Waals surface area contributed by atoms with E-state index in [1.54, 1.807) is 0 Å². The van der Waals surface area contributed by atoms with E-state index in [0.717, 1.165) is 68.5 Å². The third-order valence-corrected chi connectivity index (χ3v) is 11.1. The van der Waals surface area contributed by atoms with Crippen LogP contribution in [0.5, 0.6) is 5.75 Å². The molecule has 10 nitrogen and oxygen atoms in total. The molecule has 0 radical (unpaired) electrons. The number of aryl methyl sites for hydroxylation is 3. The maximum absolute atomic E-state index is 14.5. The third kappa shape index (κ3) is 7.81. The molecule has 3 aromatic carbocycles. The van der Waals surface area contributed by atoms with Crippen LogP contribution < -0.4 is 4.74 Å². The Kier molecular flexibility index (Phi) is 10.5. The minimum absolute atomic E-state index is 0.0922. The number of amides is 1. The number of carbonyl (C=O) groups is 2. The summed E-state index contributed by atoms with van der Waals surface area (Å²) in [5, 5.41) is 8.52. The summed E-state index contributed by atoms with van der Waals surface area (Å²) in [5.41, 5.74) is 4.79. The number of ether oxygens (including phenoxy) is 3. The van der Waals surface area contributed by atoms with Gasteiger partial charge in [-0.15, -0.1) is 0 Å². The molecule has 2 bridgehead atoms. The highest BCUT2D eigenvalue weighted by molar-refractivity contribution is 6.35. The van der Waals surface area contributed by atoms with Gasteiger partial charge in [0.2, 0.25) is 0 Å². The SMILES string of the molecule is Cc1nn(C)c(C)c1-c1c(Cl)ccc2c(CCCOc3cccc4ccccc34)c(C(=O)OC(C)(C)C)n(CCN3C[C@@H]4CC3CN4C(=O)OC(C)(C)C)c12. The number of hydrogen-bond acceptors (Lipinski definition) is 7. The summed E-state index contributed by atoms with van der Waals surface area (Å²) in [4.78, 5) is 31.9. The molecular weight excluding hydrogens is 714 g/mol. The topological polar surface area (TPSA) is 91.1 Å². The lowest BCUT2D eigenvalue weighted by atomic mass is 9.98. The molecule has 2 fully saturated rings. The second kappa shape index (κ2) is 14.8. The number of carbonyl (C=O) groups excluding carboxylic acids is 2. The van der Waals surface area contributed by atoms with Crippen molar-refractivity contribution in [2.75, 3.05) is 26.2 Å². The van der Waals surface area contributed by atoms with Crippen LogP contribution in [0.25, 0.3) is 32.8 Å². The number of fused-ring (bicyclic) bond motifs is 4. The molecule has 2 aromatic heterocycles. The normalized spacial score (nSPS) is 17.5. The lowest BCUT2D eigenvalue weighted by Crippen LogP contribution is -2.50. The molecule has 0 aliphatic carbocycles. The molecule has 2 atom stereocenters. The highest BCUT2D eigenvalue weighted by Gasteiger charge is 2.46. The van der Waals surface area contributed by atoms with Crippen molar-refractivity contribution in [3.63, 3.8) is 0 Å². The third-order valence-electron chi connectivity index (χ3n) is 10.8. The molecule has 55 heavy (non-hydrogen) atoms. The first-order valence-electron chi connectivity index (χ1n) is 19.4. The van der Waals surface area contributed by atoms with Crippen molar-refractivity contribution < 1.29 is 23.8 Å². The smallest absolute Gasteiger partial charge is 0.410 e. The molecule has 0 saturated carbocycles. The Morgan fingerprint density at radius 3 is 2.25 bits per heavy atom. The van der Waals surface area contributed by atoms with E-state index in [-0.39, 0.29) is 24.1 Å². The second-order valence-corrected chi connectivity index (χ2v) is 17.5. The zero-order valence-electron chi connectivity index (χ0n) is 33.7. The monoisotopic (exact) mass is 767 g/mol. The maximum atomic E-state index is 14.5. The number of likely N-dealkylation sites (tertiary alicyclic amines) is 2. The van der Waals surface area contributed by atoms with Crippen LogP contribution >= 0.6 is 11.6 Å². The summed E-state index contributed by atoms with van der Waals surface area (Å²) in [7, 11) is 1.94. The number of benzene rings is 3. The first-order valence-corrected chi connectivity index (χ1v) is 19.8. The maximum Gasteiger partial charge on any atom is 0.410 e. The zero-order chi connectivity index (χ0) is 39.4. The Hall–Kier alpha value is -4.54. The van der Waals surface area contributed by atoms with Crippen molar-refractivity contribution in [1.82, 2.24) is 24.1 Å². The van der Waals surface area contributed by atoms with Gasteiger partial charge in [-0.2, -0.15) is 5.10 Å². The fourth-order valence-corrected chi connectivity index (χ4v) is 8.70. The first kappa shape index (κ1) is 38.7. The number of esters is 1. The molecule has 2 aliphatic rings. The zero-order valence-corrected chi connectivity index (χ0v) is 34.4. The van der Waals surface area contributed by atoms with Crippen LogP contribution in [0.2, 0.25) is 5.02 Å². The van der Waals surface area contributed by atoms with Gasteiger partial charge in [0.25, 0.3) is 0 Å². The molecule has 0 N–H and O–H groups in total. The lowest BCUT2D eigenvalue weighted by molar-refractivity contribution is 0.00500. The standard InChI is InChI=1S/C44H54ClN5O5/c1-27-37(28(2)47(9)46-27)38-35(45)20-19-34-33(17-13-23-53-36-18-12-15-29-14-10-11-16-32(29)36)40(41(51)54-43(3,4)5)49(39(34)38)22-21-48-25-31-24-30(48)26-50(31)42(52)55-44(6,7)8/h10-12,14-16,18-20,30-31H,13,17,21-26H2,1-9H3/t30?,31-/m0/s1. The summed E-state index contributed by atoms with van der Waals surface area (Å²) in [6.45, 7) is 18.5. The summed E-state index contributed by atoms with van der Waals surface area (Å²) < 4.78 is 22.3. The summed E-state index contributed by atoms with van der Waals surface area (Å²) in [5.74, 6) is 0.476. The van der Waals surface area contributed by atoms with E-state index in [9.17, 15) is 9.59 Å². The second-order valence-electron chi connectivity index (χ2n) is 17.1. The predicted octanol–water partition coefficient (Wildman–Crippen LogP) is 9.13. The average Bonchev–Trinajstić information content (AvgIpc) is 3.85. The van der Waals surface area contributed by atoms with Gasteiger partial charge in [0.1, 0.15) is 22.6 Å². The molecule has 2 saturated heterocycles. The van der Waals surface area contributed by atoms with Crippen LogP contribution in [0, 0.1) is 13.8 Å². The Morgan fingerprint density at radius 1 is 0.855 bits per heavy atom. The van der Waals surface area contributed by atoms with Gasteiger partial charge in [-0.05, 0) is 97.7 Å². The highest BCUT2D eigenvalue weighted by Crippen LogP contribution is 2.43. The highest BCUT2D eigenvalue weighted by atomic mass is 35.5. The van der Waals surface area contributed by atoms with Crippen LogP contribution in [0.15, 0.2) is 54.6 Å². The van der Waals surface area contributed by atoms with E-state index in [0.29, 0.717) is 49.8 Å². The summed E-state index contributed by atoms with van der Waals surface area (Å²) in [6.07, 6.45) is 1.92. The lowest BCUT2D eigenvalue weighted by Gasteiger charge is -2.35. The quantitative estimate of drug-likeness (QED) is 0.103. The van der Waals surface area contributed by atoms with Crippen LogP contribution in [0.4, 0.5) is 4.79 Å². The van der Waals surface area contributed by atoms with Crippen molar-refractivity contribution >= 4 is 45.3 Å². The van der Waals surface area contributed by atoms with Crippen LogP contribution in [-0.2, 0) is 29.5 Å². The Bertz CT molecular complexity index is 2260. The van der Waals surface area contributed by atoms with Gasteiger partial charge >= 0.3 is 12.1 Å². The van der Waals surface area contributed by atoms with Crippen molar-refractivity contribution in [3.05, 3.63) is 82.3 Å². The number of halogens is 1. The Morgan fingerprint density at radius 2 is 1.58 bits per heavy atom. The van der Waals surface area contributed by atoms with E-state index in [4.69, 9.17) is 30.9 Å². The van der Waals surface area contributed by atoms with Crippen LogP contribution in [-0.4, -0.2) is 85.7 Å². The fourth-order valence-electron chi connectivity index (χ4n) is 8.45. The van der Waals surface area contributed by atoms with E-state index >= 15 is 0 Å². The van der Waals surface area contributed by atoms with Crippen LogP contribution in [0.3, 0.4) is 0 Å². The van der Waals surface area contributed by atoms with Gasteiger partial charge in [-0.25, -0.2) is 9.59 Å². The van der Waals surface area contributed by atoms with Crippen molar-refractivity contribution in [3.8, 4) is 16.9 Å². The van der Waals surface area contributed by atoms with Gasteiger partial charge in [-0.3, -0.25) is 9.58 Å². The molecule has 292 valence electrons. The number of rotatable bonds is 10. The first-order chi connectivity index (χ1) is 26.0. The number of nitrogens with zero attached hydrogens (tertiary/aromatic N) is 5. The molecule has 5 aromatic rings. The van der Waals surface area contributed by atoms with Crippen LogP contribution in [0.1, 0.15) is 81.8 Å². The van der Waals surface area contributed by atoms with Gasteiger partial charge < -0.3 is 23.7 Å². The van der Waals surface area contributed by atoms with E-state index < -0.39 is 11.2 Å².